The fourth-order valence-electron chi connectivity index (χ4n) is 14.1. The van der Waals surface area contributed by atoms with Crippen molar-refractivity contribution in [1.82, 2.24) is 10.3 Å². The maximum Gasteiger partial charge on any atom is 0.342 e. The smallest absolute Gasteiger partial charge is 0.342 e. The van der Waals surface area contributed by atoms with Crippen LogP contribution in [0.2, 0.25) is 0 Å². The monoisotopic (exact) mass is 1290 g/mol. The van der Waals surface area contributed by atoms with Crippen molar-refractivity contribution in [2.75, 3.05) is 45.0 Å². The molecule has 0 spiro atoms. The fraction of sp³-hybridized carbons (Fsp3) is 0.781. The highest BCUT2D eigenvalue weighted by Gasteiger charge is 2.52. The average molecular weight is 1290 g/mol. The van der Waals surface area contributed by atoms with Gasteiger partial charge in [-0.3, -0.25) is 14.4 Å². The number of aromatic nitrogens is 1. The number of carbonyl (C=O) groups excluding carboxylic acids is 5. The lowest BCUT2D eigenvalue weighted by atomic mass is 9.58. The number of allylic oxidation sites excluding steroid dienone is 1. The molecule has 0 aromatic carbocycles. The Morgan fingerprint density at radius 2 is 1.01 bits per heavy atom. The Balaban J connectivity index is 2.09. The van der Waals surface area contributed by atoms with Crippen molar-refractivity contribution in [3.05, 3.63) is 33.7 Å². The molecule has 2 aliphatic carbocycles. The summed E-state index contributed by atoms with van der Waals surface area (Å²) < 4.78 is 37.5. The lowest BCUT2D eigenvalue weighted by Crippen LogP contribution is -2.51. The van der Waals surface area contributed by atoms with E-state index in [0.29, 0.717) is 73.9 Å². The molecule has 19 nitrogen and oxygen atoms in total. The van der Waals surface area contributed by atoms with Gasteiger partial charge in [0.1, 0.15) is 60.4 Å². The first-order valence-electron chi connectivity index (χ1n) is 34.2. The van der Waals surface area contributed by atoms with E-state index in [2.05, 4.69) is 98.7 Å². The van der Waals surface area contributed by atoms with Gasteiger partial charge in [0.05, 0.1) is 30.9 Å². The van der Waals surface area contributed by atoms with Gasteiger partial charge in [-0.15, -0.1) is 0 Å². The average Bonchev–Trinajstić information content (AvgIpc) is 1.39. The zero-order valence-electron chi connectivity index (χ0n) is 60.8. The first-order chi connectivity index (χ1) is 42.4. The van der Waals surface area contributed by atoms with E-state index in [-0.39, 0.29) is 120 Å². The van der Waals surface area contributed by atoms with E-state index >= 15 is 14.4 Å². The summed E-state index contributed by atoms with van der Waals surface area (Å²) in [4.78, 5) is 107. The van der Waals surface area contributed by atoms with Crippen LogP contribution in [0.15, 0.2) is 21.8 Å². The molecule has 4 atom stereocenters. The summed E-state index contributed by atoms with van der Waals surface area (Å²) in [6.45, 7) is 47.7. The zero-order valence-corrected chi connectivity index (χ0v) is 60.8. The Labute approximate surface area is 551 Å². The molecule has 522 valence electrons. The second-order valence-corrected chi connectivity index (χ2v) is 32.1. The summed E-state index contributed by atoms with van der Waals surface area (Å²) in [5.41, 5.74) is -2.63. The Morgan fingerprint density at radius 1 is 0.576 bits per heavy atom. The molecule has 2 saturated carbocycles. The van der Waals surface area contributed by atoms with Crippen molar-refractivity contribution in [1.29, 1.82) is 0 Å². The minimum atomic E-state index is -1.45. The Bertz CT molecular complexity index is 2780. The van der Waals surface area contributed by atoms with E-state index in [1.807, 2.05) is 83.1 Å². The Morgan fingerprint density at radius 3 is 1.38 bits per heavy atom. The number of amidine groups is 1. The molecule has 2 fully saturated rings. The normalized spacial score (nSPS) is 22.6. The van der Waals surface area contributed by atoms with Crippen molar-refractivity contribution in [2.45, 2.75) is 254 Å². The van der Waals surface area contributed by atoms with Crippen molar-refractivity contribution >= 4 is 59.4 Å². The van der Waals surface area contributed by atoms with Crippen LogP contribution in [0.25, 0.3) is 6.08 Å². The number of nitrogens with one attached hydrogen (secondary N) is 3. The number of ether oxygens (including phenoxy) is 6. The van der Waals surface area contributed by atoms with Crippen molar-refractivity contribution in [3.63, 3.8) is 0 Å². The first-order valence-corrected chi connectivity index (χ1v) is 34.2. The highest BCUT2D eigenvalue weighted by molar-refractivity contribution is 6.26. The molecule has 92 heavy (non-hydrogen) atoms. The number of aromatic amines is 1. The molecule has 2 amide bonds. The van der Waals surface area contributed by atoms with Gasteiger partial charge in [0.15, 0.2) is 0 Å². The van der Waals surface area contributed by atoms with E-state index in [1.54, 1.807) is 6.08 Å². The van der Waals surface area contributed by atoms with Crippen LogP contribution in [-0.4, -0.2) is 120 Å². The summed E-state index contributed by atoms with van der Waals surface area (Å²) >= 11 is 0. The lowest BCUT2D eigenvalue weighted by Gasteiger charge is -2.50. The number of anilines is 1. The Kier molecular flexibility index (Phi) is 27.4. The minimum Gasteiger partial charge on any atom is -0.480 e. The number of hydrogen-bond donors (Lipinski definition) is 5. The standard InChI is InChI=1S/C73H120N4O15/c1-25-71(23,24)66(86)89-31-32-90-73(29-5,30-6)65(85)77-61-57(63(83)92-59-48(69(17,18)19)35-45(39-88-41-53(80)81)36-49(59)70(20,21)22)55(43(9)10)51(75-61)37-50-54(42(7)8)56(60(74-50)76-64(84)72(26-2,27-3)28-4)62(82)91-58-46(67(11,12)13)33-44(38-87-40-52(78)79)34-47(58)68(14,15)16/h37,42-49,58-59,75H,25-36,38-41H2,1-24H3,(H,77,85)(H,78,79)(H,80,81)(H,74,76,84). The third kappa shape index (κ3) is 19.4. The fourth-order valence-corrected chi connectivity index (χ4v) is 14.1. The molecule has 4 unspecified atom stereocenters. The molecular formula is C73H120N4O15. The number of rotatable bonds is 29. The van der Waals surface area contributed by atoms with Crippen molar-refractivity contribution in [2.24, 2.45) is 78.9 Å². The number of hydrogen-bond acceptors (Lipinski definition) is 14. The maximum absolute atomic E-state index is 15.9. The van der Waals surface area contributed by atoms with Crippen LogP contribution in [0.5, 0.6) is 0 Å². The first kappa shape index (κ1) is 79.0. The van der Waals surface area contributed by atoms with Gasteiger partial charge in [-0.25, -0.2) is 24.2 Å². The molecule has 0 saturated heterocycles. The summed E-state index contributed by atoms with van der Waals surface area (Å²) in [5, 5.41) is 25.2. The summed E-state index contributed by atoms with van der Waals surface area (Å²) in [5.74, 6) is -6.22. The summed E-state index contributed by atoms with van der Waals surface area (Å²) in [7, 11) is 0. The topological polar surface area (TPSA) is 268 Å². The highest BCUT2D eigenvalue weighted by Crippen LogP contribution is 2.53. The van der Waals surface area contributed by atoms with Gasteiger partial charge in [-0.2, -0.15) is 0 Å². The molecule has 2 heterocycles. The second-order valence-electron chi connectivity index (χ2n) is 32.1. The van der Waals surface area contributed by atoms with Crippen LogP contribution < -0.4 is 10.6 Å². The largest absolute Gasteiger partial charge is 0.480 e. The van der Waals surface area contributed by atoms with Gasteiger partial charge < -0.3 is 54.3 Å². The zero-order chi connectivity index (χ0) is 70.0. The highest BCUT2D eigenvalue weighted by atomic mass is 16.6. The number of carbonyl (C=O) groups is 7. The van der Waals surface area contributed by atoms with Gasteiger partial charge in [-0.05, 0) is 141 Å². The predicted octanol–water partition coefficient (Wildman–Crippen LogP) is 14.8. The molecule has 1 aromatic heterocycles. The van der Waals surface area contributed by atoms with Gasteiger partial charge in [0.25, 0.3) is 5.91 Å². The number of carboxylic acid groups (broad SMARTS) is 2. The van der Waals surface area contributed by atoms with Crippen LogP contribution in [-0.2, 0) is 57.2 Å². The predicted molar refractivity (Wildman–Crippen MR) is 360 cm³/mol. The van der Waals surface area contributed by atoms with Crippen LogP contribution in [0, 0.1) is 73.9 Å². The van der Waals surface area contributed by atoms with Crippen LogP contribution in [0.4, 0.5) is 5.82 Å². The SMILES string of the molecule is CCC(C)(C)C(=O)OCCOC(CC)(CC)C(=O)Nc1[nH]c(C=C2N=C(NC(=O)C(CC)(CC)CC)C(C(=O)OC3C(C(C)(C)C)CC(COCC(=O)O)CC3C(C)(C)C)=C2C(C)C)c(C(C)C)c1C(=O)OC1C(C(C)(C)C)CC(COCC(=O)O)CC1C(C)(C)C. The third-order valence-corrected chi connectivity index (χ3v) is 20.6. The van der Waals surface area contributed by atoms with Crippen LogP contribution in [0.3, 0.4) is 0 Å². The van der Waals surface area contributed by atoms with E-state index < -0.39 is 94.3 Å². The summed E-state index contributed by atoms with van der Waals surface area (Å²) in [6.07, 6.45) is 5.51. The van der Waals surface area contributed by atoms with E-state index in [0.717, 1.165) is 0 Å². The molecule has 5 N–H and O–H groups in total. The quantitative estimate of drug-likeness (QED) is 0.0284. The van der Waals surface area contributed by atoms with Gasteiger partial charge in [0, 0.05) is 34.8 Å². The molecule has 3 aliphatic rings. The van der Waals surface area contributed by atoms with E-state index in [9.17, 15) is 29.4 Å². The number of amides is 2. The number of esters is 3. The number of nitrogens with zero attached hydrogens (tertiary/aromatic N) is 1. The number of H-pyrrole nitrogens is 1. The Hall–Kier alpha value is -5.40. The van der Waals surface area contributed by atoms with Crippen LogP contribution in [0.1, 0.15) is 258 Å². The van der Waals surface area contributed by atoms with Gasteiger partial charge in [-0.1, -0.05) is 152 Å². The maximum atomic E-state index is 15.9. The van der Waals surface area contributed by atoms with Gasteiger partial charge >= 0.3 is 29.8 Å². The molecule has 0 bridgehead atoms. The van der Waals surface area contributed by atoms with Crippen molar-refractivity contribution < 1.29 is 72.2 Å². The van der Waals surface area contributed by atoms with Gasteiger partial charge in [0.2, 0.25) is 5.91 Å². The molecule has 1 aromatic rings. The molecule has 19 heteroatoms. The molecule has 0 radical (unpaired) electrons. The van der Waals surface area contributed by atoms with E-state index in [1.165, 1.54) is 0 Å². The van der Waals surface area contributed by atoms with Crippen molar-refractivity contribution in [3.8, 4) is 0 Å². The minimum absolute atomic E-state index is 0.00641. The number of aliphatic imine (C=N–C) groups is 1. The number of aliphatic carboxylic acids is 2. The third-order valence-electron chi connectivity index (χ3n) is 20.6. The second kappa shape index (κ2) is 31.9. The summed E-state index contributed by atoms with van der Waals surface area (Å²) in [6, 6.07) is 0. The van der Waals surface area contributed by atoms with E-state index in [4.69, 9.17) is 33.4 Å². The lowest BCUT2D eigenvalue weighted by molar-refractivity contribution is -0.167. The molecular weight excluding hydrogens is 1170 g/mol. The molecule has 4 rings (SSSR count). The van der Waals surface area contributed by atoms with Crippen LogP contribution >= 0.6 is 0 Å². The number of carboxylic acids is 2. The molecule has 1 aliphatic heterocycles.